The lowest BCUT2D eigenvalue weighted by Gasteiger charge is -2.32. The second-order valence-corrected chi connectivity index (χ2v) is 5.44. The van der Waals surface area contributed by atoms with Gasteiger partial charge in [-0.3, -0.25) is 4.79 Å². The fourth-order valence-corrected chi connectivity index (χ4v) is 2.83. The van der Waals surface area contributed by atoms with Crippen molar-refractivity contribution >= 4 is 5.91 Å². The van der Waals surface area contributed by atoms with Crippen LogP contribution >= 0.6 is 0 Å². The molecular weight excluding hydrogens is 285 g/mol. The van der Waals surface area contributed by atoms with Crippen molar-refractivity contribution in [3.63, 3.8) is 0 Å². The average Bonchev–Trinajstić information content (AvgIpc) is 2.88. The first-order valence-electron chi connectivity index (χ1n) is 7.26. The summed E-state index contributed by atoms with van der Waals surface area (Å²) in [6, 6.07) is 5.91. The summed E-state index contributed by atoms with van der Waals surface area (Å²) in [5.41, 5.74) is 6.32. The van der Waals surface area contributed by atoms with Crippen molar-refractivity contribution in [2.24, 2.45) is 5.73 Å². The average molecular weight is 303 g/mol. The molecule has 1 aromatic carbocycles. The molecule has 3 rings (SSSR count). The molecule has 1 atom stereocenters. The molecule has 7 heteroatoms. The minimum atomic E-state index is -0.367. The van der Waals surface area contributed by atoms with Crippen molar-refractivity contribution in [2.75, 3.05) is 6.54 Å². The van der Waals surface area contributed by atoms with Crippen LogP contribution in [-0.2, 0) is 24.3 Å². The molecular formula is C15H18FN5O. The van der Waals surface area contributed by atoms with Gasteiger partial charge in [-0.1, -0.05) is 12.1 Å². The second-order valence-electron chi connectivity index (χ2n) is 5.44. The van der Waals surface area contributed by atoms with Crippen LogP contribution in [0.15, 0.2) is 24.3 Å². The number of hydrogen-bond donors (Lipinski definition) is 1. The Balaban J connectivity index is 1.85. The zero-order chi connectivity index (χ0) is 15.7. The van der Waals surface area contributed by atoms with E-state index in [0.717, 1.165) is 17.2 Å². The van der Waals surface area contributed by atoms with Gasteiger partial charge in [-0.05, 0) is 31.2 Å². The number of rotatable bonds is 4. The quantitative estimate of drug-likeness (QED) is 0.915. The summed E-state index contributed by atoms with van der Waals surface area (Å²) in [5, 5.41) is 8.28. The number of aromatic nitrogens is 3. The maximum Gasteiger partial charge on any atom is 0.246 e. The van der Waals surface area contributed by atoms with Crippen LogP contribution in [-0.4, -0.2) is 32.1 Å². The van der Waals surface area contributed by atoms with Crippen LogP contribution in [0.5, 0.6) is 0 Å². The maximum absolute atomic E-state index is 13.3. The third-order valence-corrected chi connectivity index (χ3v) is 3.86. The van der Waals surface area contributed by atoms with Crippen molar-refractivity contribution in [3.05, 3.63) is 47.3 Å². The molecule has 1 aliphatic rings. The Labute approximate surface area is 127 Å². The van der Waals surface area contributed by atoms with Gasteiger partial charge in [-0.25, -0.2) is 4.39 Å². The summed E-state index contributed by atoms with van der Waals surface area (Å²) in [6.45, 7) is 3.02. The van der Waals surface area contributed by atoms with Crippen LogP contribution < -0.4 is 5.73 Å². The van der Waals surface area contributed by atoms with Gasteiger partial charge in [-0.2, -0.15) is 0 Å². The van der Waals surface area contributed by atoms with Crippen molar-refractivity contribution < 1.29 is 9.18 Å². The summed E-state index contributed by atoms with van der Waals surface area (Å²) in [5.74, 6) is 1.16. The third kappa shape index (κ3) is 2.59. The molecule has 0 saturated heterocycles. The minimum absolute atomic E-state index is 0.0187. The van der Waals surface area contributed by atoms with Crippen LogP contribution in [0.4, 0.5) is 4.39 Å². The molecule has 1 aromatic heterocycles. The van der Waals surface area contributed by atoms with Crippen LogP contribution in [0.25, 0.3) is 0 Å². The first-order valence-corrected chi connectivity index (χ1v) is 7.26. The van der Waals surface area contributed by atoms with E-state index in [0.29, 0.717) is 26.1 Å². The molecule has 1 aliphatic heterocycles. The molecule has 0 radical (unpaired) electrons. The maximum atomic E-state index is 13.3. The van der Waals surface area contributed by atoms with Gasteiger partial charge in [0.2, 0.25) is 5.91 Å². The monoisotopic (exact) mass is 303 g/mol. The Morgan fingerprint density at radius 1 is 1.41 bits per heavy atom. The zero-order valence-electron chi connectivity index (χ0n) is 12.4. The predicted octanol–water partition coefficient (Wildman–Crippen LogP) is 1.02. The number of carbonyl (C=O) groups excluding carboxylic acids is 1. The first-order chi connectivity index (χ1) is 10.6. The Morgan fingerprint density at radius 3 is 2.95 bits per heavy atom. The largest absolute Gasteiger partial charge is 0.330 e. The number of nitrogens with two attached hydrogens (primary N) is 1. The van der Waals surface area contributed by atoms with Gasteiger partial charge < -0.3 is 15.2 Å². The van der Waals surface area contributed by atoms with Gasteiger partial charge in [0.15, 0.2) is 5.82 Å². The van der Waals surface area contributed by atoms with E-state index in [9.17, 15) is 9.18 Å². The topological polar surface area (TPSA) is 77.0 Å². The van der Waals surface area contributed by atoms with Gasteiger partial charge in [0.25, 0.3) is 0 Å². The highest BCUT2D eigenvalue weighted by atomic mass is 19.1. The molecule has 2 heterocycles. The smallest absolute Gasteiger partial charge is 0.246 e. The van der Waals surface area contributed by atoms with E-state index < -0.39 is 0 Å². The fraction of sp³-hybridized carbons (Fsp3) is 0.400. The van der Waals surface area contributed by atoms with Gasteiger partial charge in [0, 0.05) is 13.0 Å². The van der Waals surface area contributed by atoms with Crippen LogP contribution in [0.1, 0.15) is 30.2 Å². The molecule has 2 aromatic rings. The molecule has 6 nitrogen and oxygen atoms in total. The number of carbonyl (C=O) groups is 1. The summed E-state index contributed by atoms with van der Waals surface area (Å²) in [7, 11) is 0. The number of benzene rings is 1. The van der Waals surface area contributed by atoms with E-state index in [2.05, 4.69) is 10.2 Å². The standard InChI is InChI=1S/C15H18FN5O/c1-10-15(22)20(8-11-3-2-4-12(16)7-11)9-14-19-18-13(5-6-17)21(10)14/h2-4,7,10H,5-6,8-9,17H2,1H3/t10-/m0/s1. The van der Waals surface area contributed by atoms with Crippen molar-refractivity contribution in [3.8, 4) is 0 Å². The van der Waals surface area contributed by atoms with E-state index in [4.69, 9.17) is 5.73 Å². The van der Waals surface area contributed by atoms with E-state index in [1.807, 2.05) is 11.5 Å². The summed E-state index contributed by atoms with van der Waals surface area (Å²) in [6.07, 6.45) is 0.592. The zero-order valence-corrected chi connectivity index (χ0v) is 12.4. The van der Waals surface area contributed by atoms with E-state index in [1.54, 1.807) is 17.0 Å². The van der Waals surface area contributed by atoms with Crippen molar-refractivity contribution in [1.82, 2.24) is 19.7 Å². The van der Waals surface area contributed by atoms with Crippen LogP contribution in [0.3, 0.4) is 0 Å². The lowest BCUT2D eigenvalue weighted by atomic mass is 10.1. The number of amides is 1. The van der Waals surface area contributed by atoms with Gasteiger partial charge in [-0.15, -0.1) is 10.2 Å². The number of halogens is 1. The van der Waals surface area contributed by atoms with Gasteiger partial charge in [0.05, 0.1) is 6.54 Å². The molecule has 116 valence electrons. The number of fused-ring (bicyclic) bond motifs is 1. The van der Waals surface area contributed by atoms with E-state index in [1.165, 1.54) is 12.1 Å². The summed E-state index contributed by atoms with van der Waals surface area (Å²) in [4.78, 5) is 14.2. The van der Waals surface area contributed by atoms with E-state index >= 15 is 0 Å². The Morgan fingerprint density at radius 2 is 2.23 bits per heavy atom. The lowest BCUT2D eigenvalue weighted by Crippen LogP contribution is -2.41. The van der Waals surface area contributed by atoms with Gasteiger partial charge in [0.1, 0.15) is 17.7 Å². The normalized spacial score (nSPS) is 17.7. The summed E-state index contributed by atoms with van der Waals surface area (Å²) >= 11 is 0. The van der Waals surface area contributed by atoms with Crippen molar-refractivity contribution in [1.29, 1.82) is 0 Å². The highest BCUT2D eigenvalue weighted by Crippen LogP contribution is 2.24. The summed E-state index contributed by atoms with van der Waals surface area (Å²) < 4.78 is 15.1. The highest BCUT2D eigenvalue weighted by molar-refractivity contribution is 5.81. The molecule has 2 N–H and O–H groups in total. The van der Waals surface area contributed by atoms with E-state index in [-0.39, 0.29) is 17.8 Å². The molecule has 0 saturated carbocycles. The molecule has 0 fully saturated rings. The predicted molar refractivity (Wildman–Crippen MR) is 78.1 cm³/mol. The fourth-order valence-electron chi connectivity index (χ4n) is 2.83. The molecule has 0 aliphatic carbocycles. The third-order valence-electron chi connectivity index (χ3n) is 3.86. The molecule has 0 spiro atoms. The molecule has 0 unspecified atom stereocenters. The second kappa shape index (κ2) is 5.84. The highest BCUT2D eigenvalue weighted by Gasteiger charge is 2.32. The van der Waals surface area contributed by atoms with Crippen LogP contribution in [0, 0.1) is 5.82 Å². The molecule has 0 bridgehead atoms. The van der Waals surface area contributed by atoms with Gasteiger partial charge >= 0.3 is 0 Å². The SMILES string of the molecule is C[C@H]1C(=O)N(Cc2cccc(F)c2)Cc2nnc(CCN)n21. The number of nitrogens with zero attached hydrogens (tertiary/aromatic N) is 4. The Hall–Kier alpha value is -2.28. The molecule has 22 heavy (non-hydrogen) atoms. The Kier molecular flexibility index (Phi) is 3.89. The number of hydrogen-bond acceptors (Lipinski definition) is 4. The lowest BCUT2D eigenvalue weighted by molar-refractivity contribution is -0.137. The van der Waals surface area contributed by atoms with Crippen molar-refractivity contribution in [2.45, 2.75) is 32.5 Å². The Bertz CT molecular complexity index is 699. The van der Waals surface area contributed by atoms with Crippen LogP contribution in [0.2, 0.25) is 0 Å². The minimum Gasteiger partial charge on any atom is -0.330 e. The first kappa shape index (κ1) is 14.6. The molecule has 1 amide bonds.